The minimum absolute atomic E-state index is 0.0120. The monoisotopic (exact) mass is 265 g/mol. The fraction of sp³-hybridized carbons (Fsp3) is 0.421. The van der Waals surface area contributed by atoms with Crippen molar-refractivity contribution in [3.63, 3.8) is 0 Å². The molecule has 0 bridgehead atoms. The number of fused-ring (bicyclic) bond motifs is 1. The maximum absolute atomic E-state index is 9.56. The van der Waals surface area contributed by atoms with Crippen molar-refractivity contribution in [3.05, 3.63) is 47.0 Å². The second-order valence-electron chi connectivity index (χ2n) is 7.54. The minimum atomic E-state index is -0.0120. The number of nitrogens with zero attached hydrogens (tertiary/aromatic N) is 1. The molecule has 1 heteroatoms. The molecule has 0 unspecified atom stereocenters. The molecule has 0 radical (unpaired) electrons. The Hall–Kier alpha value is -1.81. The second kappa shape index (κ2) is 4.63. The molecule has 0 N–H and O–H groups in total. The van der Waals surface area contributed by atoms with Gasteiger partial charge < -0.3 is 0 Å². The van der Waals surface area contributed by atoms with Crippen molar-refractivity contribution in [3.8, 4) is 6.07 Å². The molecule has 20 heavy (non-hydrogen) atoms. The minimum Gasteiger partial charge on any atom is -0.192 e. The summed E-state index contributed by atoms with van der Waals surface area (Å²) in [5, 5.41) is 11.8. The van der Waals surface area contributed by atoms with Crippen LogP contribution in [0.25, 0.3) is 10.8 Å². The van der Waals surface area contributed by atoms with E-state index in [0.29, 0.717) is 0 Å². The SMILES string of the molecule is CC(C)(C)c1ccc2c(C#N)c(C(C)(C)C)ccc2c1. The predicted octanol–water partition coefficient (Wildman–Crippen LogP) is 5.31. The first-order valence-electron chi connectivity index (χ1n) is 7.12. The number of rotatable bonds is 0. The average molecular weight is 265 g/mol. The summed E-state index contributed by atoms with van der Waals surface area (Å²) in [5.41, 5.74) is 3.36. The van der Waals surface area contributed by atoms with E-state index in [4.69, 9.17) is 0 Å². The van der Waals surface area contributed by atoms with Gasteiger partial charge in [0.2, 0.25) is 0 Å². The van der Waals surface area contributed by atoms with Crippen molar-refractivity contribution in [2.45, 2.75) is 52.4 Å². The lowest BCUT2D eigenvalue weighted by atomic mass is 9.80. The molecule has 0 aliphatic heterocycles. The van der Waals surface area contributed by atoms with Crippen LogP contribution in [0.4, 0.5) is 0 Å². The van der Waals surface area contributed by atoms with Gasteiger partial charge in [0.15, 0.2) is 0 Å². The first-order valence-corrected chi connectivity index (χ1v) is 7.12. The number of hydrogen-bond acceptors (Lipinski definition) is 1. The summed E-state index contributed by atoms with van der Waals surface area (Å²) in [6.07, 6.45) is 0. The van der Waals surface area contributed by atoms with Gasteiger partial charge in [-0.3, -0.25) is 0 Å². The molecular formula is C19H23N. The molecule has 0 aliphatic rings. The Bertz CT molecular complexity index is 688. The summed E-state index contributed by atoms with van der Waals surface area (Å²) in [5.74, 6) is 0. The Morgan fingerprint density at radius 1 is 0.850 bits per heavy atom. The van der Waals surface area contributed by atoms with E-state index in [2.05, 4.69) is 77.9 Å². The summed E-state index contributed by atoms with van der Waals surface area (Å²) >= 11 is 0. The highest BCUT2D eigenvalue weighted by molar-refractivity contribution is 5.90. The Morgan fingerprint density at radius 3 is 2.00 bits per heavy atom. The molecule has 0 fully saturated rings. The smallest absolute Gasteiger partial charge is 0.100 e. The topological polar surface area (TPSA) is 23.8 Å². The van der Waals surface area contributed by atoms with Gasteiger partial charge >= 0.3 is 0 Å². The summed E-state index contributed by atoms with van der Waals surface area (Å²) in [6, 6.07) is 13.1. The molecule has 0 heterocycles. The van der Waals surface area contributed by atoms with Gasteiger partial charge in [0, 0.05) is 0 Å². The van der Waals surface area contributed by atoms with Crippen LogP contribution in [0, 0.1) is 11.3 Å². The molecule has 0 spiro atoms. The van der Waals surface area contributed by atoms with E-state index >= 15 is 0 Å². The van der Waals surface area contributed by atoms with Gasteiger partial charge in [-0.2, -0.15) is 5.26 Å². The van der Waals surface area contributed by atoms with Gasteiger partial charge in [-0.05, 0) is 32.7 Å². The Balaban J connectivity index is 2.76. The molecule has 0 amide bonds. The lowest BCUT2D eigenvalue weighted by molar-refractivity contribution is 0.588. The number of hydrogen-bond donors (Lipinski definition) is 0. The second-order valence-corrected chi connectivity index (χ2v) is 7.54. The van der Waals surface area contributed by atoms with E-state index in [0.717, 1.165) is 21.9 Å². The van der Waals surface area contributed by atoms with Crippen LogP contribution in [0.15, 0.2) is 30.3 Å². The molecule has 1 nitrogen and oxygen atoms in total. The van der Waals surface area contributed by atoms with Crippen LogP contribution in [0.3, 0.4) is 0 Å². The maximum atomic E-state index is 9.56. The first-order chi connectivity index (χ1) is 9.14. The fourth-order valence-electron chi connectivity index (χ4n) is 2.54. The summed E-state index contributed by atoms with van der Waals surface area (Å²) < 4.78 is 0. The Labute approximate surface area is 122 Å². The van der Waals surface area contributed by atoms with E-state index in [1.807, 2.05) is 0 Å². The van der Waals surface area contributed by atoms with Crippen LogP contribution < -0.4 is 0 Å². The summed E-state index contributed by atoms with van der Waals surface area (Å²) in [4.78, 5) is 0. The lowest BCUT2D eigenvalue weighted by Crippen LogP contribution is -2.14. The molecule has 104 valence electrons. The third-order valence-corrected chi connectivity index (χ3v) is 3.81. The molecule has 0 aromatic heterocycles. The van der Waals surface area contributed by atoms with Crippen LogP contribution in [0.5, 0.6) is 0 Å². The highest BCUT2D eigenvalue weighted by atomic mass is 14.3. The summed E-state index contributed by atoms with van der Waals surface area (Å²) in [6.45, 7) is 13.1. The molecular weight excluding hydrogens is 242 g/mol. The predicted molar refractivity (Wildman–Crippen MR) is 86.1 cm³/mol. The van der Waals surface area contributed by atoms with Crippen LogP contribution in [-0.2, 0) is 10.8 Å². The van der Waals surface area contributed by atoms with Crippen LogP contribution in [0.2, 0.25) is 0 Å². The molecule has 0 atom stereocenters. The third kappa shape index (κ3) is 2.56. The molecule has 2 aromatic rings. The molecule has 0 aliphatic carbocycles. The molecule has 2 aromatic carbocycles. The van der Waals surface area contributed by atoms with Gasteiger partial charge in [0.1, 0.15) is 6.07 Å². The van der Waals surface area contributed by atoms with Crippen LogP contribution in [0.1, 0.15) is 58.2 Å². The first kappa shape index (κ1) is 14.6. The van der Waals surface area contributed by atoms with Crippen molar-refractivity contribution in [1.29, 1.82) is 5.26 Å². The van der Waals surface area contributed by atoms with Crippen molar-refractivity contribution >= 4 is 10.8 Å². The van der Waals surface area contributed by atoms with Gasteiger partial charge in [0.25, 0.3) is 0 Å². The lowest BCUT2D eigenvalue weighted by Gasteiger charge is -2.23. The number of nitriles is 1. The zero-order valence-corrected chi connectivity index (χ0v) is 13.3. The normalized spacial score (nSPS) is 12.4. The molecule has 0 saturated carbocycles. The Kier molecular flexibility index (Phi) is 3.38. The summed E-state index contributed by atoms with van der Waals surface area (Å²) in [7, 11) is 0. The standard InChI is InChI=1S/C19H23N/c1-18(2,3)14-8-9-15-13(11-14)7-10-17(16(15)12-20)19(4,5)6/h7-11H,1-6H3. The van der Waals surface area contributed by atoms with Crippen molar-refractivity contribution in [2.24, 2.45) is 0 Å². The van der Waals surface area contributed by atoms with Crippen LogP contribution in [-0.4, -0.2) is 0 Å². The fourth-order valence-corrected chi connectivity index (χ4v) is 2.54. The molecule has 0 saturated heterocycles. The number of benzene rings is 2. The highest BCUT2D eigenvalue weighted by Gasteiger charge is 2.20. The van der Waals surface area contributed by atoms with Crippen molar-refractivity contribution < 1.29 is 0 Å². The largest absolute Gasteiger partial charge is 0.192 e. The van der Waals surface area contributed by atoms with E-state index in [-0.39, 0.29) is 10.8 Å². The van der Waals surface area contributed by atoms with Gasteiger partial charge in [-0.25, -0.2) is 0 Å². The third-order valence-electron chi connectivity index (χ3n) is 3.81. The molecule has 2 rings (SSSR count). The zero-order chi connectivity index (χ0) is 15.1. The van der Waals surface area contributed by atoms with Crippen molar-refractivity contribution in [2.75, 3.05) is 0 Å². The van der Waals surface area contributed by atoms with Gasteiger partial charge in [-0.15, -0.1) is 0 Å². The maximum Gasteiger partial charge on any atom is 0.100 e. The zero-order valence-electron chi connectivity index (χ0n) is 13.3. The van der Waals surface area contributed by atoms with Crippen LogP contribution >= 0.6 is 0 Å². The highest BCUT2D eigenvalue weighted by Crippen LogP contribution is 2.33. The van der Waals surface area contributed by atoms with E-state index in [9.17, 15) is 5.26 Å². The average Bonchev–Trinajstić information content (AvgIpc) is 2.34. The Morgan fingerprint density at radius 2 is 1.50 bits per heavy atom. The van der Waals surface area contributed by atoms with E-state index < -0.39 is 0 Å². The quantitative estimate of drug-likeness (QED) is 0.633. The van der Waals surface area contributed by atoms with E-state index in [1.54, 1.807) is 0 Å². The van der Waals surface area contributed by atoms with Gasteiger partial charge in [-0.1, -0.05) is 71.9 Å². The van der Waals surface area contributed by atoms with E-state index in [1.165, 1.54) is 5.56 Å². The van der Waals surface area contributed by atoms with Gasteiger partial charge in [0.05, 0.1) is 5.56 Å². The van der Waals surface area contributed by atoms with Crippen molar-refractivity contribution in [1.82, 2.24) is 0 Å².